The molecule has 0 radical (unpaired) electrons. The maximum Gasteiger partial charge on any atom is 0.261 e. The molecule has 178 valence electrons. The molecule has 1 amide bonds. The summed E-state index contributed by atoms with van der Waals surface area (Å²) < 4.78 is 42.5. The Balaban J connectivity index is 1.42. The summed E-state index contributed by atoms with van der Waals surface area (Å²) in [6.45, 7) is 0.664. The highest BCUT2D eigenvalue weighted by Crippen LogP contribution is 2.20. The number of para-hydroxylation sites is 1. The molecule has 0 spiro atoms. The largest absolute Gasteiger partial charge is 0.348 e. The van der Waals surface area contributed by atoms with E-state index < -0.39 is 21.7 Å². The Hall–Kier alpha value is -4.24. The van der Waals surface area contributed by atoms with Gasteiger partial charge in [-0.05, 0) is 53.6 Å². The van der Waals surface area contributed by atoms with E-state index in [-0.39, 0.29) is 28.3 Å². The molecule has 7 nitrogen and oxygen atoms in total. The molecule has 0 aliphatic rings. The number of anilines is 1. The molecule has 0 saturated heterocycles. The summed E-state index contributed by atoms with van der Waals surface area (Å²) in [5.74, 6) is -1.01. The van der Waals surface area contributed by atoms with Gasteiger partial charge < -0.3 is 9.88 Å². The molecular weight excluding hydrogens is 469 g/mol. The first-order chi connectivity index (χ1) is 16.8. The second-order valence-corrected chi connectivity index (χ2v) is 9.45. The van der Waals surface area contributed by atoms with E-state index in [9.17, 15) is 22.4 Å². The summed E-state index contributed by atoms with van der Waals surface area (Å²) in [5.41, 5.74) is 1.95. The second-order valence-electron chi connectivity index (χ2n) is 7.77. The standard InChI is InChI=1S/C26H22FN3O4S/c27-21-12-14-22(15-13-21)35(33,34)29-24-6-2-1-5-23(24)26(32)28-17-19-8-10-20(11-9-19)18-30-16-4-3-7-25(30)31/h1-16,29H,17-18H2,(H,28,32). The van der Waals surface area contributed by atoms with Crippen molar-refractivity contribution in [3.05, 3.63) is 130 Å². The average Bonchev–Trinajstić information content (AvgIpc) is 2.85. The van der Waals surface area contributed by atoms with E-state index in [0.717, 1.165) is 35.4 Å². The number of aromatic nitrogens is 1. The fourth-order valence-corrected chi connectivity index (χ4v) is 4.50. The number of carbonyl (C=O) groups excluding carboxylic acids is 1. The van der Waals surface area contributed by atoms with E-state index in [1.807, 2.05) is 24.3 Å². The van der Waals surface area contributed by atoms with Crippen LogP contribution in [0.25, 0.3) is 0 Å². The highest BCUT2D eigenvalue weighted by molar-refractivity contribution is 7.92. The van der Waals surface area contributed by atoms with Crippen LogP contribution in [0.3, 0.4) is 0 Å². The number of sulfonamides is 1. The van der Waals surface area contributed by atoms with Gasteiger partial charge in [0.25, 0.3) is 21.5 Å². The van der Waals surface area contributed by atoms with Crippen LogP contribution in [0.1, 0.15) is 21.5 Å². The Kier molecular flexibility index (Phi) is 7.07. The zero-order chi connectivity index (χ0) is 24.8. The molecule has 2 N–H and O–H groups in total. The van der Waals surface area contributed by atoms with Crippen molar-refractivity contribution in [2.45, 2.75) is 18.0 Å². The number of nitrogens with zero attached hydrogens (tertiary/aromatic N) is 1. The highest BCUT2D eigenvalue weighted by atomic mass is 32.2. The predicted octanol–water partition coefficient (Wildman–Crippen LogP) is 3.77. The van der Waals surface area contributed by atoms with E-state index >= 15 is 0 Å². The number of benzene rings is 3. The minimum Gasteiger partial charge on any atom is -0.348 e. The van der Waals surface area contributed by atoms with E-state index in [1.54, 1.807) is 35.0 Å². The second kappa shape index (κ2) is 10.4. The quantitative estimate of drug-likeness (QED) is 0.392. The molecule has 0 bridgehead atoms. The van der Waals surface area contributed by atoms with Crippen molar-refractivity contribution in [1.82, 2.24) is 9.88 Å². The molecule has 9 heteroatoms. The van der Waals surface area contributed by atoms with E-state index in [1.165, 1.54) is 18.2 Å². The summed E-state index contributed by atoms with van der Waals surface area (Å²) >= 11 is 0. The number of hydrogen-bond donors (Lipinski definition) is 2. The van der Waals surface area contributed by atoms with Gasteiger partial charge in [0.1, 0.15) is 5.82 Å². The van der Waals surface area contributed by atoms with Crippen molar-refractivity contribution in [3.63, 3.8) is 0 Å². The molecule has 1 heterocycles. The number of pyridine rings is 1. The van der Waals surface area contributed by atoms with Crippen molar-refractivity contribution >= 4 is 21.6 Å². The lowest BCUT2D eigenvalue weighted by Crippen LogP contribution is -2.25. The van der Waals surface area contributed by atoms with Crippen LogP contribution in [0.5, 0.6) is 0 Å². The average molecular weight is 492 g/mol. The SMILES string of the molecule is O=C(NCc1ccc(Cn2ccccc2=O)cc1)c1ccccc1NS(=O)(=O)c1ccc(F)cc1. The Morgan fingerprint density at radius 1 is 0.829 bits per heavy atom. The van der Waals surface area contributed by atoms with Crippen LogP contribution >= 0.6 is 0 Å². The van der Waals surface area contributed by atoms with Crippen LogP contribution in [0.2, 0.25) is 0 Å². The van der Waals surface area contributed by atoms with Crippen LogP contribution < -0.4 is 15.6 Å². The van der Waals surface area contributed by atoms with Crippen molar-refractivity contribution in [3.8, 4) is 0 Å². The van der Waals surface area contributed by atoms with E-state index in [2.05, 4.69) is 10.0 Å². The Morgan fingerprint density at radius 2 is 1.49 bits per heavy atom. The maximum absolute atomic E-state index is 13.2. The van der Waals surface area contributed by atoms with Crippen molar-refractivity contribution in [2.24, 2.45) is 0 Å². The number of rotatable bonds is 8. The molecule has 0 aliphatic heterocycles. The molecule has 35 heavy (non-hydrogen) atoms. The fraction of sp³-hybridized carbons (Fsp3) is 0.0769. The van der Waals surface area contributed by atoms with Gasteiger partial charge in [-0.3, -0.25) is 14.3 Å². The summed E-state index contributed by atoms with van der Waals surface area (Å²) in [6.07, 6.45) is 1.72. The number of hydrogen-bond acceptors (Lipinski definition) is 4. The highest BCUT2D eigenvalue weighted by Gasteiger charge is 2.18. The minimum absolute atomic E-state index is 0.0856. The summed E-state index contributed by atoms with van der Waals surface area (Å²) in [5, 5.41) is 2.79. The summed E-state index contributed by atoms with van der Waals surface area (Å²) in [6, 6.07) is 23.1. The lowest BCUT2D eigenvalue weighted by atomic mass is 10.1. The van der Waals surface area contributed by atoms with Crippen molar-refractivity contribution in [2.75, 3.05) is 4.72 Å². The third-order valence-electron chi connectivity index (χ3n) is 5.27. The molecule has 0 fully saturated rings. The first kappa shape index (κ1) is 23.9. The molecular formula is C26H22FN3O4S. The van der Waals surface area contributed by atoms with Crippen molar-refractivity contribution < 1.29 is 17.6 Å². The third-order valence-corrected chi connectivity index (χ3v) is 6.65. The predicted molar refractivity (Wildman–Crippen MR) is 131 cm³/mol. The number of nitrogens with one attached hydrogen (secondary N) is 2. The van der Waals surface area contributed by atoms with Gasteiger partial charge in [0.05, 0.1) is 22.7 Å². The molecule has 3 aromatic carbocycles. The topological polar surface area (TPSA) is 97.3 Å². The van der Waals surface area contributed by atoms with Crippen LogP contribution in [0, 0.1) is 5.82 Å². The maximum atomic E-state index is 13.2. The van der Waals surface area contributed by atoms with Gasteiger partial charge in [-0.15, -0.1) is 0 Å². The summed E-state index contributed by atoms with van der Waals surface area (Å²) in [4.78, 5) is 24.6. The van der Waals surface area contributed by atoms with Gasteiger partial charge in [0.15, 0.2) is 0 Å². The third kappa shape index (κ3) is 6.01. The van der Waals surface area contributed by atoms with Crippen LogP contribution in [-0.2, 0) is 23.1 Å². The Morgan fingerprint density at radius 3 is 2.20 bits per heavy atom. The van der Waals surface area contributed by atoms with Crippen LogP contribution in [0.4, 0.5) is 10.1 Å². The molecule has 1 aromatic heterocycles. The van der Waals surface area contributed by atoms with Gasteiger partial charge in [0.2, 0.25) is 0 Å². The van der Waals surface area contributed by atoms with Gasteiger partial charge >= 0.3 is 0 Å². The zero-order valence-electron chi connectivity index (χ0n) is 18.5. The number of amides is 1. The normalized spacial score (nSPS) is 11.1. The van der Waals surface area contributed by atoms with Gasteiger partial charge in [-0.2, -0.15) is 0 Å². The minimum atomic E-state index is -4.01. The lowest BCUT2D eigenvalue weighted by molar-refractivity contribution is 0.0952. The smallest absolute Gasteiger partial charge is 0.261 e. The van der Waals surface area contributed by atoms with Gasteiger partial charge in [0, 0.05) is 18.8 Å². The van der Waals surface area contributed by atoms with Gasteiger partial charge in [-0.1, -0.05) is 42.5 Å². The number of carbonyl (C=O) groups is 1. The first-order valence-corrected chi connectivity index (χ1v) is 12.2. The Labute approximate surface area is 201 Å². The first-order valence-electron chi connectivity index (χ1n) is 10.7. The molecule has 0 saturated carbocycles. The van der Waals surface area contributed by atoms with Crippen molar-refractivity contribution in [1.29, 1.82) is 0 Å². The van der Waals surface area contributed by atoms with Crippen LogP contribution in [0.15, 0.2) is 107 Å². The van der Waals surface area contributed by atoms with Crippen LogP contribution in [-0.4, -0.2) is 18.9 Å². The van der Waals surface area contributed by atoms with E-state index in [4.69, 9.17) is 0 Å². The zero-order valence-corrected chi connectivity index (χ0v) is 19.3. The number of halogens is 1. The molecule has 4 aromatic rings. The van der Waals surface area contributed by atoms with E-state index in [0.29, 0.717) is 6.54 Å². The van der Waals surface area contributed by atoms with Gasteiger partial charge in [-0.25, -0.2) is 12.8 Å². The summed E-state index contributed by atoms with van der Waals surface area (Å²) in [7, 11) is -4.01. The molecule has 0 aliphatic carbocycles. The molecule has 0 unspecified atom stereocenters. The molecule has 4 rings (SSSR count). The Bertz CT molecular complexity index is 1500. The lowest BCUT2D eigenvalue weighted by Gasteiger charge is -2.13. The monoisotopic (exact) mass is 491 g/mol. The fourth-order valence-electron chi connectivity index (χ4n) is 3.42. The molecule has 0 atom stereocenters.